The summed E-state index contributed by atoms with van der Waals surface area (Å²) in [5, 5.41) is 14.6. The van der Waals surface area contributed by atoms with E-state index in [0.717, 1.165) is 4.90 Å². The van der Waals surface area contributed by atoms with E-state index in [-0.39, 0.29) is 39.5 Å². The lowest BCUT2D eigenvalue weighted by Crippen LogP contribution is -2.49. The molecule has 30 heavy (non-hydrogen) atoms. The van der Waals surface area contributed by atoms with Crippen LogP contribution < -0.4 is 5.14 Å². The second-order valence-corrected chi connectivity index (χ2v) is 10.8. The molecular formula is C18H19N4O6S2+. The molecule has 3 aliphatic rings. The van der Waals surface area contributed by atoms with Crippen molar-refractivity contribution in [2.75, 3.05) is 11.5 Å². The second-order valence-electron chi connectivity index (χ2n) is 6.91. The zero-order valence-corrected chi connectivity index (χ0v) is 17.5. The van der Waals surface area contributed by atoms with Gasteiger partial charge in [0, 0.05) is 12.6 Å². The number of carbonyl (C=O) groups excluding carboxylic acids is 2. The van der Waals surface area contributed by atoms with Crippen LogP contribution in [0.1, 0.15) is 13.3 Å². The first-order chi connectivity index (χ1) is 13.9. The van der Waals surface area contributed by atoms with E-state index in [1.807, 2.05) is 0 Å². The number of amides is 2. The summed E-state index contributed by atoms with van der Waals surface area (Å²) in [5.41, 5.74) is 0.283. The highest BCUT2D eigenvalue weighted by Crippen LogP contribution is 2.31. The van der Waals surface area contributed by atoms with Crippen LogP contribution in [0, 0.1) is 11.3 Å². The van der Waals surface area contributed by atoms with E-state index < -0.39 is 38.1 Å². The molecule has 0 saturated carbocycles. The Morgan fingerprint density at radius 3 is 2.47 bits per heavy atom. The fourth-order valence-electron chi connectivity index (χ4n) is 3.27. The molecule has 2 unspecified atom stereocenters. The Hall–Kier alpha value is -2.69. The SMILES string of the molecule is CC1=C(C#N)C(=O)N([C@@H]2CC[S+](=O)(O)C2)C(=O)/C1=C/N=C1C=CC(=S(N)(=O)O)C=C1. The number of aliphatic imine (C=N–C) groups is 1. The largest absolute Gasteiger partial charge is 0.302 e. The highest BCUT2D eigenvalue weighted by atomic mass is 32.3. The summed E-state index contributed by atoms with van der Waals surface area (Å²) in [4.78, 5) is 30.7. The molecule has 3 atom stereocenters. The summed E-state index contributed by atoms with van der Waals surface area (Å²) in [6.45, 7) is 1.45. The molecule has 2 heterocycles. The van der Waals surface area contributed by atoms with Crippen molar-refractivity contribution in [2.45, 2.75) is 19.4 Å². The topological polar surface area (TPSA) is 174 Å². The summed E-state index contributed by atoms with van der Waals surface area (Å²) >= 11 is 0. The summed E-state index contributed by atoms with van der Waals surface area (Å²) in [6, 6.07) is 1.02. The molecule has 2 aliphatic heterocycles. The lowest BCUT2D eigenvalue weighted by atomic mass is 9.94. The average molecular weight is 452 g/mol. The van der Waals surface area contributed by atoms with Crippen LogP contribution in [0.4, 0.5) is 0 Å². The molecule has 158 valence electrons. The fraction of sp³-hybridized carbons (Fsp3) is 0.278. The number of imide groups is 1. The molecule has 0 bridgehead atoms. The maximum absolute atomic E-state index is 13.0. The Labute approximate surface area is 174 Å². The summed E-state index contributed by atoms with van der Waals surface area (Å²) < 4.78 is 42.4. The van der Waals surface area contributed by atoms with Gasteiger partial charge >= 0.3 is 0 Å². The molecule has 0 spiro atoms. The highest BCUT2D eigenvalue weighted by Gasteiger charge is 2.48. The molecule has 1 fully saturated rings. The molecule has 1 aliphatic carbocycles. The highest BCUT2D eigenvalue weighted by molar-refractivity contribution is 7.98. The van der Waals surface area contributed by atoms with Gasteiger partial charge < -0.3 is 4.55 Å². The van der Waals surface area contributed by atoms with E-state index in [9.17, 15) is 32.4 Å². The number of hydrogen-bond acceptors (Lipinski definition) is 6. The van der Waals surface area contributed by atoms with Crippen molar-refractivity contribution in [3.63, 3.8) is 0 Å². The Morgan fingerprint density at radius 1 is 1.33 bits per heavy atom. The first-order valence-corrected chi connectivity index (χ1v) is 12.1. The van der Waals surface area contributed by atoms with Crippen molar-refractivity contribution >= 4 is 42.6 Å². The number of rotatable bonds is 2. The predicted octanol–water partition coefficient (Wildman–Crippen LogP) is 0.194. The van der Waals surface area contributed by atoms with E-state index in [1.54, 1.807) is 6.07 Å². The third-order valence-corrected chi connectivity index (χ3v) is 7.60. The van der Waals surface area contributed by atoms with Gasteiger partial charge in [0.25, 0.3) is 11.8 Å². The van der Waals surface area contributed by atoms with Crippen LogP contribution in [-0.2, 0) is 34.0 Å². The third-order valence-electron chi connectivity index (χ3n) is 4.88. The van der Waals surface area contributed by atoms with Gasteiger partial charge in [0.2, 0.25) is 10.2 Å². The molecule has 2 amide bonds. The minimum atomic E-state index is -3.61. The lowest BCUT2D eigenvalue weighted by Gasteiger charge is -2.30. The van der Waals surface area contributed by atoms with Gasteiger partial charge in [-0.3, -0.25) is 19.5 Å². The molecule has 10 nitrogen and oxygen atoms in total. The molecule has 12 heteroatoms. The Balaban J connectivity index is 1.99. The third kappa shape index (κ3) is 4.25. The average Bonchev–Trinajstić information content (AvgIpc) is 3.01. The van der Waals surface area contributed by atoms with Crippen LogP contribution in [0.3, 0.4) is 0 Å². The van der Waals surface area contributed by atoms with Crippen molar-refractivity contribution in [3.05, 3.63) is 47.2 Å². The van der Waals surface area contributed by atoms with Crippen LogP contribution >= 0.6 is 0 Å². The van der Waals surface area contributed by atoms with E-state index in [4.69, 9.17) is 5.14 Å². The molecule has 0 aromatic heterocycles. The minimum Gasteiger partial charge on any atom is -0.302 e. The number of nitriles is 1. The van der Waals surface area contributed by atoms with Gasteiger partial charge in [0.05, 0.1) is 22.2 Å². The number of carbonyl (C=O) groups is 2. The molecule has 0 radical (unpaired) electrons. The Morgan fingerprint density at radius 2 is 1.97 bits per heavy atom. The van der Waals surface area contributed by atoms with Gasteiger partial charge in [-0.2, -0.15) is 9.81 Å². The lowest BCUT2D eigenvalue weighted by molar-refractivity contribution is -0.142. The van der Waals surface area contributed by atoms with Crippen molar-refractivity contribution in [3.8, 4) is 6.07 Å². The van der Waals surface area contributed by atoms with Gasteiger partial charge in [0.1, 0.15) is 27.4 Å². The monoisotopic (exact) mass is 451 g/mol. The predicted molar refractivity (Wildman–Crippen MR) is 113 cm³/mol. The normalized spacial score (nSPS) is 30.2. The quantitative estimate of drug-likeness (QED) is 0.232. The van der Waals surface area contributed by atoms with Crippen LogP contribution in [0.5, 0.6) is 0 Å². The maximum Gasteiger partial charge on any atom is 0.272 e. The molecule has 0 aromatic rings. The smallest absolute Gasteiger partial charge is 0.272 e. The first-order valence-electron chi connectivity index (χ1n) is 8.71. The zero-order chi connectivity index (χ0) is 22.3. The van der Waals surface area contributed by atoms with Crippen LogP contribution in [0.25, 0.3) is 0 Å². The summed E-state index contributed by atoms with van der Waals surface area (Å²) in [5.74, 6) is -1.73. The van der Waals surface area contributed by atoms with Crippen LogP contribution in [0.2, 0.25) is 0 Å². The van der Waals surface area contributed by atoms with Crippen LogP contribution in [-0.4, -0.2) is 58.2 Å². The van der Waals surface area contributed by atoms with E-state index >= 15 is 0 Å². The van der Waals surface area contributed by atoms with Crippen molar-refractivity contribution < 1.29 is 27.1 Å². The van der Waals surface area contributed by atoms with Crippen molar-refractivity contribution in [1.29, 1.82) is 5.26 Å². The summed E-state index contributed by atoms with van der Waals surface area (Å²) in [6.07, 6.45) is 6.86. The van der Waals surface area contributed by atoms with Crippen molar-refractivity contribution in [1.82, 2.24) is 4.90 Å². The van der Waals surface area contributed by atoms with Gasteiger partial charge in [-0.15, -0.1) is 0 Å². The Bertz CT molecular complexity index is 1180. The van der Waals surface area contributed by atoms with Crippen molar-refractivity contribution in [2.24, 2.45) is 10.1 Å². The zero-order valence-electron chi connectivity index (χ0n) is 15.8. The number of nitrogens with zero attached hydrogens (tertiary/aromatic N) is 3. The van der Waals surface area contributed by atoms with Gasteiger partial charge in [-0.25, -0.2) is 9.35 Å². The number of allylic oxidation sites excluding steroid dienone is 4. The Kier molecular flexibility index (Phi) is 5.76. The molecule has 0 aromatic carbocycles. The molecule has 3 rings (SSSR count). The number of hydrogen-bond donors (Lipinski definition) is 3. The number of nitrogens with two attached hydrogens (primary N) is 1. The van der Waals surface area contributed by atoms with E-state index in [1.165, 1.54) is 37.4 Å². The van der Waals surface area contributed by atoms with Gasteiger partial charge in [0.15, 0.2) is 5.75 Å². The van der Waals surface area contributed by atoms with Crippen LogP contribution in [0.15, 0.2) is 52.2 Å². The molecule has 1 saturated heterocycles. The second kappa shape index (κ2) is 7.86. The minimum absolute atomic E-state index is 0.0105. The summed E-state index contributed by atoms with van der Waals surface area (Å²) in [7, 11) is -6.72. The molecule has 4 N–H and O–H groups in total. The van der Waals surface area contributed by atoms with E-state index in [2.05, 4.69) is 4.99 Å². The van der Waals surface area contributed by atoms with Gasteiger partial charge in [-0.1, -0.05) is 4.21 Å². The standard InChI is InChI=1S/C18H18N4O6S2/c1-11-15(8-19)17(23)22(13-6-7-29(25,26)10-13)18(24)16(11)9-21-12-2-4-14(5-3-12)30(20,27)28/h2-5,9,13H,6-7,10H2,1H3,(H3-,20,21,23,24,25,26,27,28)/p+1/t13-/m1/s1. The van der Waals surface area contributed by atoms with Gasteiger partial charge in [-0.05, 0) is 36.8 Å². The van der Waals surface area contributed by atoms with E-state index in [0.29, 0.717) is 5.71 Å². The molecular weight excluding hydrogens is 432 g/mol. The maximum atomic E-state index is 13.0. The fourth-order valence-corrected chi connectivity index (χ4v) is 5.52. The first kappa shape index (κ1) is 22.0.